The summed E-state index contributed by atoms with van der Waals surface area (Å²) >= 11 is 15.2. The van der Waals surface area contributed by atoms with Crippen LogP contribution in [0.25, 0.3) is 0 Å². The Bertz CT molecular complexity index is 278. The molecular formula is C9H11BrCl2Si. The SMILES string of the molecule is CC(C[SiH](Cl)Cl)c1ccccc1Br. The van der Waals surface area contributed by atoms with E-state index < -0.39 is 7.42 Å². The number of halogens is 3. The van der Waals surface area contributed by atoms with Crippen molar-refractivity contribution in [2.45, 2.75) is 18.9 Å². The van der Waals surface area contributed by atoms with E-state index in [0.29, 0.717) is 5.92 Å². The summed E-state index contributed by atoms with van der Waals surface area (Å²) in [6, 6.07) is 9.13. The fourth-order valence-corrected chi connectivity index (χ4v) is 4.34. The van der Waals surface area contributed by atoms with E-state index in [-0.39, 0.29) is 0 Å². The molecular weight excluding hydrogens is 287 g/mol. The van der Waals surface area contributed by atoms with Crippen LogP contribution in [0.3, 0.4) is 0 Å². The summed E-state index contributed by atoms with van der Waals surface area (Å²) in [5.41, 5.74) is 1.29. The van der Waals surface area contributed by atoms with Crippen molar-refractivity contribution in [3.05, 3.63) is 34.3 Å². The van der Waals surface area contributed by atoms with Crippen LogP contribution < -0.4 is 0 Å². The van der Waals surface area contributed by atoms with Gasteiger partial charge in [-0.15, -0.1) is 0 Å². The Kier molecular flexibility index (Phi) is 4.80. The van der Waals surface area contributed by atoms with E-state index in [1.807, 2.05) is 18.2 Å². The maximum atomic E-state index is 5.86. The van der Waals surface area contributed by atoms with Crippen molar-refractivity contribution >= 4 is 45.5 Å². The number of rotatable bonds is 3. The van der Waals surface area contributed by atoms with Crippen LogP contribution in [-0.4, -0.2) is 7.42 Å². The quantitative estimate of drug-likeness (QED) is 0.578. The second-order valence-corrected chi connectivity index (χ2v) is 8.99. The van der Waals surface area contributed by atoms with Gasteiger partial charge in [-0.3, -0.25) is 0 Å². The molecule has 0 fully saturated rings. The highest BCUT2D eigenvalue weighted by Gasteiger charge is 2.13. The highest BCUT2D eigenvalue weighted by Crippen LogP contribution is 2.29. The monoisotopic (exact) mass is 296 g/mol. The van der Waals surface area contributed by atoms with Crippen molar-refractivity contribution < 1.29 is 0 Å². The van der Waals surface area contributed by atoms with Gasteiger partial charge in [-0.1, -0.05) is 41.1 Å². The zero-order valence-corrected chi connectivity index (χ0v) is 11.6. The molecule has 0 nitrogen and oxygen atoms in total. The Morgan fingerprint density at radius 2 is 2.00 bits per heavy atom. The van der Waals surface area contributed by atoms with E-state index in [9.17, 15) is 0 Å². The molecule has 1 rings (SSSR count). The van der Waals surface area contributed by atoms with Crippen LogP contribution in [0.5, 0.6) is 0 Å². The molecule has 0 aliphatic carbocycles. The molecule has 72 valence electrons. The first kappa shape index (κ1) is 11.6. The van der Waals surface area contributed by atoms with Gasteiger partial charge in [0.2, 0.25) is 7.42 Å². The van der Waals surface area contributed by atoms with Crippen molar-refractivity contribution in [1.82, 2.24) is 0 Å². The Morgan fingerprint density at radius 3 is 2.54 bits per heavy atom. The molecule has 0 amide bonds. The summed E-state index contributed by atoms with van der Waals surface area (Å²) in [5, 5.41) is 0. The summed E-state index contributed by atoms with van der Waals surface area (Å²) in [4.78, 5) is 0. The second-order valence-electron chi connectivity index (χ2n) is 3.05. The lowest BCUT2D eigenvalue weighted by Gasteiger charge is -2.13. The largest absolute Gasteiger partial charge is 0.237 e. The lowest BCUT2D eigenvalue weighted by atomic mass is 10.0. The van der Waals surface area contributed by atoms with E-state index in [1.165, 1.54) is 5.56 Å². The van der Waals surface area contributed by atoms with Gasteiger partial charge in [0.1, 0.15) is 0 Å². The first-order chi connectivity index (χ1) is 6.11. The van der Waals surface area contributed by atoms with Crippen LogP contribution in [0.1, 0.15) is 18.4 Å². The van der Waals surface area contributed by atoms with Gasteiger partial charge in [-0.2, -0.15) is 22.2 Å². The lowest BCUT2D eigenvalue weighted by Crippen LogP contribution is -2.01. The predicted molar refractivity (Wildman–Crippen MR) is 66.2 cm³/mol. The average Bonchev–Trinajstić information content (AvgIpc) is 2.03. The molecule has 0 saturated carbocycles. The van der Waals surface area contributed by atoms with Gasteiger partial charge in [0.05, 0.1) is 0 Å². The topological polar surface area (TPSA) is 0 Å². The molecule has 13 heavy (non-hydrogen) atoms. The first-order valence-electron chi connectivity index (χ1n) is 4.14. The smallest absolute Gasteiger partial charge is 0.150 e. The molecule has 0 saturated heterocycles. The molecule has 0 N–H and O–H groups in total. The second kappa shape index (κ2) is 5.40. The number of hydrogen-bond donors (Lipinski definition) is 0. The van der Waals surface area contributed by atoms with E-state index in [1.54, 1.807) is 0 Å². The van der Waals surface area contributed by atoms with Gasteiger partial charge in [-0.05, 0) is 23.6 Å². The molecule has 0 spiro atoms. The minimum absolute atomic E-state index is 0.447. The summed E-state index contributed by atoms with van der Waals surface area (Å²) in [6.07, 6.45) is 0. The highest BCUT2D eigenvalue weighted by atomic mass is 79.9. The van der Waals surface area contributed by atoms with Crippen molar-refractivity contribution in [3.8, 4) is 0 Å². The van der Waals surface area contributed by atoms with Crippen molar-refractivity contribution in [2.75, 3.05) is 0 Å². The zero-order valence-electron chi connectivity index (χ0n) is 7.31. The van der Waals surface area contributed by atoms with E-state index in [4.69, 9.17) is 22.2 Å². The van der Waals surface area contributed by atoms with Gasteiger partial charge in [0, 0.05) is 4.47 Å². The number of benzene rings is 1. The Balaban J connectivity index is 2.76. The van der Waals surface area contributed by atoms with E-state index in [0.717, 1.165) is 10.5 Å². The van der Waals surface area contributed by atoms with Crippen LogP contribution in [0.4, 0.5) is 0 Å². The van der Waals surface area contributed by atoms with Crippen molar-refractivity contribution in [2.24, 2.45) is 0 Å². The maximum Gasteiger partial charge on any atom is 0.237 e. The predicted octanol–water partition coefficient (Wildman–Crippen LogP) is 4.25. The molecule has 0 aromatic heterocycles. The minimum Gasteiger partial charge on any atom is -0.150 e. The van der Waals surface area contributed by atoms with Crippen LogP contribution in [0.2, 0.25) is 6.04 Å². The molecule has 1 unspecified atom stereocenters. The molecule has 4 heteroatoms. The molecule has 0 bridgehead atoms. The van der Waals surface area contributed by atoms with E-state index in [2.05, 4.69) is 28.9 Å². The Labute approximate surface area is 98.4 Å². The summed E-state index contributed by atoms with van der Waals surface area (Å²) in [6.45, 7) is 2.16. The molecule has 1 atom stereocenters. The summed E-state index contributed by atoms with van der Waals surface area (Å²) < 4.78 is 1.14. The third-order valence-electron chi connectivity index (χ3n) is 1.97. The summed E-state index contributed by atoms with van der Waals surface area (Å²) in [5.74, 6) is 0.447. The maximum absolute atomic E-state index is 5.86. The standard InChI is InChI=1S/C9H11BrCl2Si/c1-7(6-13(11)12)8-4-2-3-5-9(8)10/h2-5,7,13H,6H2,1H3. The van der Waals surface area contributed by atoms with Crippen molar-refractivity contribution in [1.29, 1.82) is 0 Å². The molecule has 1 aromatic rings. The Morgan fingerprint density at radius 1 is 1.38 bits per heavy atom. The molecule has 0 aliphatic rings. The van der Waals surface area contributed by atoms with Gasteiger partial charge in [-0.25, -0.2) is 0 Å². The van der Waals surface area contributed by atoms with Crippen LogP contribution >= 0.6 is 38.1 Å². The van der Waals surface area contributed by atoms with Crippen LogP contribution in [0.15, 0.2) is 28.7 Å². The fraction of sp³-hybridized carbons (Fsp3) is 0.333. The van der Waals surface area contributed by atoms with Gasteiger partial charge in [0.15, 0.2) is 0 Å². The molecule has 0 radical (unpaired) electrons. The zero-order chi connectivity index (χ0) is 9.84. The molecule has 0 aliphatic heterocycles. The Hall–Kier alpha value is 0.497. The van der Waals surface area contributed by atoms with Gasteiger partial charge in [0.25, 0.3) is 0 Å². The van der Waals surface area contributed by atoms with Crippen LogP contribution in [-0.2, 0) is 0 Å². The van der Waals surface area contributed by atoms with E-state index >= 15 is 0 Å². The molecule has 0 heterocycles. The third kappa shape index (κ3) is 3.62. The minimum atomic E-state index is -1.50. The summed E-state index contributed by atoms with van der Waals surface area (Å²) in [7, 11) is -1.50. The normalized spacial score (nSPS) is 13.3. The highest BCUT2D eigenvalue weighted by molar-refractivity contribution is 9.10. The van der Waals surface area contributed by atoms with Crippen molar-refractivity contribution in [3.63, 3.8) is 0 Å². The first-order valence-corrected chi connectivity index (χ1v) is 9.24. The fourth-order valence-electron chi connectivity index (χ4n) is 1.27. The third-order valence-corrected chi connectivity index (χ3v) is 4.82. The van der Waals surface area contributed by atoms with Crippen LogP contribution in [0, 0.1) is 0 Å². The number of hydrogen-bond acceptors (Lipinski definition) is 0. The molecule has 1 aromatic carbocycles. The van der Waals surface area contributed by atoms with Gasteiger partial charge >= 0.3 is 0 Å². The lowest BCUT2D eigenvalue weighted by molar-refractivity contribution is 0.855. The van der Waals surface area contributed by atoms with Gasteiger partial charge < -0.3 is 0 Å². The average molecular weight is 298 g/mol.